The van der Waals surface area contributed by atoms with Gasteiger partial charge in [0.1, 0.15) is 5.75 Å². The Balaban J connectivity index is 3.17. The summed E-state index contributed by atoms with van der Waals surface area (Å²) in [4.78, 5) is 0. The van der Waals surface area contributed by atoms with Crippen molar-refractivity contribution in [3.8, 4) is 5.75 Å². The van der Waals surface area contributed by atoms with Crippen LogP contribution in [-0.4, -0.2) is 18.3 Å². The molecule has 0 fully saturated rings. The minimum atomic E-state index is -0.357. The predicted molar refractivity (Wildman–Crippen MR) is 67.5 cm³/mol. The third-order valence-electron chi connectivity index (χ3n) is 2.49. The van der Waals surface area contributed by atoms with Crippen LogP contribution in [0.2, 0.25) is 5.02 Å². The number of methoxy groups -OCH3 is 1. The topological polar surface area (TPSA) is 29.5 Å². The largest absolute Gasteiger partial charge is 0.495 e. The molecule has 0 aliphatic carbocycles. The lowest BCUT2D eigenvalue weighted by Gasteiger charge is -2.16. The summed E-state index contributed by atoms with van der Waals surface area (Å²) in [7, 11) is 1.63. The third kappa shape index (κ3) is 3.13. The lowest BCUT2D eigenvalue weighted by Crippen LogP contribution is -2.06. The number of aliphatic hydroxyl groups excluding tert-OH is 1. The van der Waals surface area contributed by atoms with Crippen LogP contribution in [0.25, 0.3) is 0 Å². The van der Waals surface area contributed by atoms with E-state index in [9.17, 15) is 5.11 Å². The molecule has 0 radical (unpaired) electrons. The highest BCUT2D eigenvalue weighted by Gasteiger charge is 2.13. The summed E-state index contributed by atoms with van der Waals surface area (Å²) in [5.74, 6) is 1.09. The van der Waals surface area contributed by atoms with Gasteiger partial charge in [-0.3, -0.25) is 0 Å². The number of hydrogen-bond donors (Lipinski definition) is 1. The molecule has 0 aliphatic heterocycles. The van der Waals surface area contributed by atoms with Crippen LogP contribution < -0.4 is 4.74 Å². The van der Waals surface area contributed by atoms with Gasteiger partial charge in [0, 0.05) is 0 Å². The fourth-order valence-electron chi connectivity index (χ4n) is 1.78. The second-order valence-electron chi connectivity index (χ2n) is 4.41. The van der Waals surface area contributed by atoms with Gasteiger partial charge in [-0.15, -0.1) is 0 Å². The summed E-state index contributed by atoms with van der Waals surface area (Å²) >= 11 is 6.16. The first-order valence-electron chi connectivity index (χ1n) is 5.50. The molecule has 1 aromatic carbocycles. The Kier molecular flexibility index (Phi) is 4.63. The van der Waals surface area contributed by atoms with Crippen LogP contribution in [0.3, 0.4) is 0 Å². The average molecular weight is 243 g/mol. The number of halogens is 1. The van der Waals surface area contributed by atoms with E-state index in [0.717, 1.165) is 16.9 Å². The van der Waals surface area contributed by atoms with E-state index in [2.05, 4.69) is 19.9 Å². The molecule has 0 aromatic heterocycles. The summed E-state index contributed by atoms with van der Waals surface area (Å²) in [6, 6.07) is 3.92. The monoisotopic (exact) mass is 242 g/mol. The maximum atomic E-state index is 9.38. The second-order valence-corrected chi connectivity index (χ2v) is 4.82. The third-order valence-corrected chi connectivity index (χ3v) is 2.77. The fourth-order valence-corrected chi connectivity index (χ4v) is 2.10. The molecule has 1 aromatic rings. The molecule has 0 saturated heterocycles. The first-order chi connectivity index (χ1) is 7.45. The Bertz CT molecular complexity index is 359. The van der Waals surface area contributed by atoms with E-state index in [4.69, 9.17) is 16.3 Å². The number of benzene rings is 1. The zero-order valence-electron chi connectivity index (χ0n) is 10.2. The molecule has 0 amide bonds. The van der Waals surface area contributed by atoms with Gasteiger partial charge in [0.2, 0.25) is 0 Å². The van der Waals surface area contributed by atoms with Crippen molar-refractivity contribution in [2.45, 2.75) is 39.2 Å². The van der Waals surface area contributed by atoms with Gasteiger partial charge in [-0.1, -0.05) is 31.5 Å². The van der Waals surface area contributed by atoms with E-state index >= 15 is 0 Å². The standard InChI is InChI=1S/C13H19ClO2/c1-8(2)11-6-10(5-9(3)15)7-12(14)13(11)16-4/h6-9,15H,5H2,1-4H3. The molecule has 0 bridgehead atoms. The van der Waals surface area contributed by atoms with Crippen molar-refractivity contribution in [2.24, 2.45) is 0 Å². The lowest BCUT2D eigenvalue weighted by molar-refractivity contribution is 0.195. The molecular formula is C13H19ClO2. The number of rotatable bonds is 4. The van der Waals surface area contributed by atoms with E-state index in [1.807, 2.05) is 6.07 Å². The van der Waals surface area contributed by atoms with Crippen LogP contribution >= 0.6 is 11.6 Å². The zero-order chi connectivity index (χ0) is 12.3. The van der Waals surface area contributed by atoms with Gasteiger partial charge < -0.3 is 9.84 Å². The Labute approximate surface area is 102 Å². The highest BCUT2D eigenvalue weighted by atomic mass is 35.5. The van der Waals surface area contributed by atoms with Crippen LogP contribution in [0.1, 0.15) is 37.8 Å². The normalized spacial score (nSPS) is 12.9. The quantitative estimate of drug-likeness (QED) is 0.877. The van der Waals surface area contributed by atoms with Crippen molar-refractivity contribution < 1.29 is 9.84 Å². The van der Waals surface area contributed by atoms with Crippen molar-refractivity contribution >= 4 is 11.6 Å². The molecule has 90 valence electrons. The Hall–Kier alpha value is -0.730. The van der Waals surface area contributed by atoms with E-state index in [1.165, 1.54) is 0 Å². The molecule has 2 nitrogen and oxygen atoms in total. The van der Waals surface area contributed by atoms with Crippen molar-refractivity contribution in [1.29, 1.82) is 0 Å². The Morgan fingerprint density at radius 2 is 1.94 bits per heavy atom. The first kappa shape index (κ1) is 13.3. The van der Waals surface area contributed by atoms with Crippen LogP contribution in [-0.2, 0) is 6.42 Å². The summed E-state index contributed by atoms with van der Waals surface area (Å²) in [6.45, 7) is 5.97. The molecule has 0 saturated carbocycles. The highest BCUT2D eigenvalue weighted by molar-refractivity contribution is 6.32. The van der Waals surface area contributed by atoms with Gasteiger partial charge in [0.25, 0.3) is 0 Å². The Morgan fingerprint density at radius 1 is 1.31 bits per heavy atom. The molecule has 0 spiro atoms. The summed E-state index contributed by atoms with van der Waals surface area (Å²) < 4.78 is 5.30. The van der Waals surface area contributed by atoms with Gasteiger partial charge in [0.05, 0.1) is 18.2 Å². The van der Waals surface area contributed by atoms with Gasteiger partial charge in [0.15, 0.2) is 0 Å². The van der Waals surface area contributed by atoms with Crippen LogP contribution in [0.4, 0.5) is 0 Å². The molecular weight excluding hydrogens is 224 g/mol. The molecule has 3 heteroatoms. The van der Waals surface area contributed by atoms with Crippen molar-refractivity contribution in [1.82, 2.24) is 0 Å². The maximum absolute atomic E-state index is 9.38. The van der Waals surface area contributed by atoms with E-state index in [1.54, 1.807) is 14.0 Å². The minimum absolute atomic E-state index is 0.349. The maximum Gasteiger partial charge on any atom is 0.140 e. The van der Waals surface area contributed by atoms with Crippen LogP contribution in [0, 0.1) is 0 Å². The second kappa shape index (κ2) is 5.55. The summed E-state index contributed by atoms with van der Waals surface area (Å²) in [5.41, 5.74) is 2.13. The SMILES string of the molecule is COc1c(Cl)cc(CC(C)O)cc1C(C)C. The molecule has 0 aliphatic rings. The van der Waals surface area contributed by atoms with E-state index in [-0.39, 0.29) is 6.10 Å². The number of ether oxygens (including phenoxy) is 1. The van der Waals surface area contributed by atoms with Crippen molar-refractivity contribution in [3.63, 3.8) is 0 Å². The lowest BCUT2D eigenvalue weighted by atomic mass is 9.97. The zero-order valence-corrected chi connectivity index (χ0v) is 11.0. The van der Waals surface area contributed by atoms with Crippen molar-refractivity contribution in [3.05, 3.63) is 28.3 Å². The molecule has 1 atom stereocenters. The summed E-state index contributed by atoms with van der Waals surface area (Å²) in [5, 5.41) is 9.99. The predicted octanol–water partition coefficient (Wildman–Crippen LogP) is 3.40. The molecule has 1 N–H and O–H groups in total. The Morgan fingerprint density at radius 3 is 2.38 bits per heavy atom. The van der Waals surface area contributed by atoms with E-state index < -0.39 is 0 Å². The molecule has 16 heavy (non-hydrogen) atoms. The van der Waals surface area contributed by atoms with Gasteiger partial charge >= 0.3 is 0 Å². The molecule has 1 rings (SSSR count). The van der Waals surface area contributed by atoms with Crippen LogP contribution in [0.15, 0.2) is 12.1 Å². The highest BCUT2D eigenvalue weighted by Crippen LogP contribution is 2.35. The summed E-state index contributed by atoms with van der Waals surface area (Å²) in [6.07, 6.45) is 0.258. The van der Waals surface area contributed by atoms with Gasteiger partial charge in [-0.2, -0.15) is 0 Å². The van der Waals surface area contributed by atoms with Gasteiger partial charge in [-0.25, -0.2) is 0 Å². The smallest absolute Gasteiger partial charge is 0.140 e. The van der Waals surface area contributed by atoms with E-state index in [0.29, 0.717) is 17.4 Å². The number of aliphatic hydroxyl groups is 1. The average Bonchev–Trinajstić information content (AvgIpc) is 2.15. The molecule has 0 heterocycles. The number of hydrogen-bond acceptors (Lipinski definition) is 2. The van der Waals surface area contributed by atoms with Gasteiger partial charge in [-0.05, 0) is 36.5 Å². The first-order valence-corrected chi connectivity index (χ1v) is 5.87. The molecule has 1 unspecified atom stereocenters. The van der Waals surface area contributed by atoms with Crippen molar-refractivity contribution in [2.75, 3.05) is 7.11 Å². The minimum Gasteiger partial charge on any atom is -0.495 e. The fraction of sp³-hybridized carbons (Fsp3) is 0.538. The van der Waals surface area contributed by atoms with Crippen LogP contribution in [0.5, 0.6) is 5.75 Å².